The van der Waals surface area contributed by atoms with E-state index in [1.54, 1.807) is 0 Å². The second-order valence-corrected chi connectivity index (χ2v) is 4.74. The molecule has 3 nitrogen and oxygen atoms in total. The van der Waals surface area contributed by atoms with Crippen molar-refractivity contribution in [1.82, 2.24) is 5.32 Å². The zero-order valence-electron chi connectivity index (χ0n) is 8.59. The first-order valence-electron chi connectivity index (χ1n) is 5.62. The third kappa shape index (κ3) is 1.71. The number of aliphatic hydroxyl groups is 1. The van der Waals surface area contributed by atoms with Crippen LogP contribution in [-0.2, 0) is 4.79 Å². The van der Waals surface area contributed by atoms with Crippen molar-refractivity contribution in [2.75, 3.05) is 19.7 Å². The molecule has 0 amide bonds. The Hall–Kier alpha value is -0.410. The van der Waals surface area contributed by atoms with Gasteiger partial charge in [-0.15, -0.1) is 0 Å². The topological polar surface area (TPSA) is 49.3 Å². The lowest BCUT2D eigenvalue weighted by molar-refractivity contribution is -0.127. The molecule has 2 rings (SSSR count). The predicted octanol–water partition coefficient (Wildman–Crippen LogP) is 0.718. The minimum absolute atomic E-state index is 0.00884. The molecule has 2 N–H and O–H groups in total. The van der Waals surface area contributed by atoms with Crippen molar-refractivity contribution in [2.45, 2.75) is 32.1 Å². The molecule has 1 heterocycles. The van der Waals surface area contributed by atoms with Crippen LogP contribution < -0.4 is 5.32 Å². The smallest absolute Gasteiger partial charge is 0.139 e. The Morgan fingerprint density at radius 1 is 1.43 bits per heavy atom. The molecule has 1 atom stereocenters. The van der Waals surface area contributed by atoms with E-state index in [9.17, 15) is 4.79 Å². The van der Waals surface area contributed by atoms with Crippen LogP contribution in [0.4, 0.5) is 0 Å². The number of piperidine rings is 1. The maximum atomic E-state index is 11.9. The molecular weight excluding hydrogens is 178 g/mol. The zero-order valence-corrected chi connectivity index (χ0v) is 8.59. The van der Waals surface area contributed by atoms with E-state index in [2.05, 4.69) is 5.32 Å². The van der Waals surface area contributed by atoms with Crippen molar-refractivity contribution >= 4 is 5.78 Å². The molecular formula is C11H19NO2. The number of nitrogens with one attached hydrogen (secondary N) is 1. The number of carbonyl (C=O) groups is 1. The average Bonchev–Trinajstić information content (AvgIpc) is 2.45. The van der Waals surface area contributed by atoms with Gasteiger partial charge in [-0.1, -0.05) is 0 Å². The van der Waals surface area contributed by atoms with Crippen molar-refractivity contribution in [1.29, 1.82) is 0 Å². The summed E-state index contributed by atoms with van der Waals surface area (Å²) in [4.78, 5) is 11.9. The van der Waals surface area contributed by atoms with Crippen LogP contribution in [0.15, 0.2) is 0 Å². The largest absolute Gasteiger partial charge is 0.396 e. The Labute approximate surface area is 84.9 Å². The molecule has 1 aliphatic carbocycles. The Morgan fingerprint density at radius 2 is 2.14 bits per heavy atom. The molecule has 1 saturated heterocycles. The van der Waals surface area contributed by atoms with Crippen molar-refractivity contribution in [2.24, 2.45) is 11.3 Å². The summed E-state index contributed by atoms with van der Waals surface area (Å²) in [6.07, 6.45) is 4.55. The summed E-state index contributed by atoms with van der Waals surface area (Å²) >= 11 is 0. The standard InChI is InChI=1S/C11H19NO2/c13-6-1-9-7-10(14)11(8-9)2-4-12-5-3-11/h9,12-13H,1-8H2/t9-/m0/s1. The lowest BCUT2D eigenvalue weighted by atomic mass is 9.76. The van der Waals surface area contributed by atoms with Gasteiger partial charge >= 0.3 is 0 Å². The van der Waals surface area contributed by atoms with E-state index in [-0.39, 0.29) is 12.0 Å². The van der Waals surface area contributed by atoms with E-state index in [1.165, 1.54) is 0 Å². The van der Waals surface area contributed by atoms with Gasteiger partial charge in [-0.3, -0.25) is 4.79 Å². The first-order chi connectivity index (χ1) is 6.77. The van der Waals surface area contributed by atoms with E-state index >= 15 is 0 Å². The minimum Gasteiger partial charge on any atom is -0.396 e. The maximum Gasteiger partial charge on any atom is 0.139 e. The van der Waals surface area contributed by atoms with Gasteiger partial charge < -0.3 is 10.4 Å². The average molecular weight is 197 g/mol. The molecule has 1 saturated carbocycles. The predicted molar refractivity (Wildman–Crippen MR) is 54.0 cm³/mol. The molecule has 1 aliphatic heterocycles. The van der Waals surface area contributed by atoms with Crippen LogP contribution in [0.25, 0.3) is 0 Å². The summed E-state index contributed by atoms with van der Waals surface area (Å²) < 4.78 is 0. The normalized spacial score (nSPS) is 31.2. The van der Waals surface area contributed by atoms with Crippen molar-refractivity contribution < 1.29 is 9.90 Å². The summed E-state index contributed by atoms with van der Waals surface area (Å²) in [5.74, 6) is 0.906. The van der Waals surface area contributed by atoms with Crippen LogP contribution in [-0.4, -0.2) is 30.6 Å². The molecule has 0 unspecified atom stereocenters. The molecule has 2 aliphatic rings. The highest BCUT2D eigenvalue weighted by Crippen LogP contribution is 2.45. The quantitative estimate of drug-likeness (QED) is 0.685. The fraction of sp³-hybridized carbons (Fsp3) is 0.909. The highest BCUT2D eigenvalue weighted by Gasteiger charge is 2.46. The van der Waals surface area contributed by atoms with Gasteiger partial charge in [-0.25, -0.2) is 0 Å². The number of hydrogen-bond acceptors (Lipinski definition) is 3. The molecule has 1 spiro atoms. The first-order valence-corrected chi connectivity index (χ1v) is 5.62. The van der Waals surface area contributed by atoms with Crippen molar-refractivity contribution in [3.05, 3.63) is 0 Å². The zero-order chi connectivity index (χ0) is 10.0. The van der Waals surface area contributed by atoms with Gasteiger partial charge in [-0.2, -0.15) is 0 Å². The fourth-order valence-electron chi connectivity index (χ4n) is 2.99. The Kier molecular flexibility index (Phi) is 2.88. The Morgan fingerprint density at radius 3 is 2.79 bits per heavy atom. The number of ketones is 1. The summed E-state index contributed by atoms with van der Waals surface area (Å²) in [6, 6.07) is 0. The van der Waals surface area contributed by atoms with Crippen LogP contribution in [0.1, 0.15) is 32.1 Å². The van der Waals surface area contributed by atoms with E-state index in [0.717, 1.165) is 38.8 Å². The number of aliphatic hydroxyl groups excluding tert-OH is 1. The monoisotopic (exact) mass is 197 g/mol. The molecule has 80 valence electrons. The fourth-order valence-corrected chi connectivity index (χ4v) is 2.99. The van der Waals surface area contributed by atoms with Gasteiger partial charge in [0.05, 0.1) is 0 Å². The molecule has 0 aromatic rings. The summed E-state index contributed by atoms with van der Waals surface area (Å²) in [7, 11) is 0. The van der Waals surface area contributed by atoms with Gasteiger partial charge in [0.25, 0.3) is 0 Å². The van der Waals surface area contributed by atoms with Gasteiger partial charge in [-0.05, 0) is 44.7 Å². The SMILES string of the molecule is O=C1C[C@H](CCO)CC12CCNCC2. The molecule has 0 bridgehead atoms. The molecule has 0 aromatic heterocycles. The number of carbonyl (C=O) groups excluding carboxylic acids is 1. The van der Waals surface area contributed by atoms with Crippen LogP contribution in [0.3, 0.4) is 0 Å². The van der Waals surface area contributed by atoms with E-state index < -0.39 is 0 Å². The van der Waals surface area contributed by atoms with Gasteiger partial charge in [0.2, 0.25) is 0 Å². The third-order valence-corrected chi connectivity index (χ3v) is 3.84. The highest BCUT2D eigenvalue weighted by atomic mass is 16.3. The Bertz CT molecular complexity index is 221. The van der Waals surface area contributed by atoms with Crippen LogP contribution in [0, 0.1) is 11.3 Å². The highest BCUT2D eigenvalue weighted by molar-refractivity contribution is 5.87. The van der Waals surface area contributed by atoms with Gasteiger partial charge in [0, 0.05) is 18.4 Å². The number of rotatable bonds is 2. The summed E-state index contributed by atoms with van der Waals surface area (Å²) in [5, 5.41) is 12.2. The maximum absolute atomic E-state index is 11.9. The van der Waals surface area contributed by atoms with E-state index in [0.29, 0.717) is 18.1 Å². The molecule has 14 heavy (non-hydrogen) atoms. The number of hydrogen-bond donors (Lipinski definition) is 2. The lowest BCUT2D eigenvalue weighted by Crippen LogP contribution is -2.39. The Balaban J connectivity index is 2.01. The second kappa shape index (κ2) is 3.99. The molecule has 0 radical (unpaired) electrons. The molecule has 0 aromatic carbocycles. The molecule has 3 heteroatoms. The third-order valence-electron chi connectivity index (χ3n) is 3.84. The lowest BCUT2D eigenvalue weighted by Gasteiger charge is -2.32. The van der Waals surface area contributed by atoms with Crippen molar-refractivity contribution in [3.63, 3.8) is 0 Å². The summed E-state index contributed by atoms with van der Waals surface area (Å²) in [5.41, 5.74) is -0.00884. The van der Waals surface area contributed by atoms with Crippen molar-refractivity contribution in [3.8, 4) is 0 Å². The minimum atomic E-state index is -0.00884. The number of Topliss-reactive ketones (excluding diaryl/α,β-unsaturated/α-hetero) is 1. The second-order valence-electron chi connectivity index (χ2n) is 4.74. The van der Waals surface area contributed by atoms with Gasteiger partial charge in [0.1, 0.15) is 5.78 Å². The van der Waals surface area contributed by atoms with E-state index in [1.807, 2.05) is 0 Å². The van der Waals surface area contributed by atoms with Crippen LogP contribution in [0.5, 0.6) is 0 Å². The van der Waals surface area contributed by atoms with Crippen LogP contribution in [0.2, 0.25) is 0 Å². The summed E-state index contributed by atoms with van der Waals surface area (Å²) in [6.45, 7) is 2.20. The molecule has 2 fully saturated rings. The van der Waals surface area contributed by atoms with E-state index in [4.69, 9.17) is 5.11 Å². The van der Waals surface area contributed by atoms with Crippen LogP contribution >= 0.6 is 0 Å². The van der Waals surface area contributed by atoms with Gasteiger partial charge in [0.15, 0.2) is 0 Å². The first kappa shape index (κ1) is 10.1.